The number of nitrogens with two attached hydrogens (primary N) is 1. The summed E-state index contributed by atoms with van der Waals surface area (Å²) in [5.41, 5.74) is 9.34. The van der Waals surface area contributed by atoms with E-state index in [1.54, 1.807) is 0 Å². The summed E-state index contributed by atoms with van der Waals surface area (Å²) < 4.78 is 0. The molecule has 0 aromatic heterocycles. The largest absolute Gasteiger partial charge is 0.399 e. The summed E-state index contributed by atoms with van der Waals surface area (Å²) in [6, 6.07) is 6.15. The van der Waals surface area contributed by atoms with Crippen molar-refractivity contribution in [3.05, 3.63) is 29.3 Å². The number of anilines is 1. The number of hydrogen-bond donors (Lipinski definition) is 2. The van der Waals surface area contributed by atoms with E-state index in [9.17, 15) is 0 Å². The molecule has 0 unspecified atom stereocenters. The van der Waals surface area contributed by atoms with Gasteiger partial charge in [0.2, 0.25) is 0 Å². The van der Waals surface area contributed by atoms with Crippen molar-refractivity contribution in [2.45, 2.75) is 13.0 Å². The standard InChI is InChI=1S/C9H12N2.ClH/c10-9-2-1-8-6-11-4-3-7(8)5-9;/h1-2,5,11H,3-4,6,10H2;1H. The van der Waals surface area contributed by atoms with Crippen LogP contribution in [0.1, 0.15) is 11.1 Å². The highest BCUT2D eigenvalue weighted by Gasteiger charge is 2.06. The highest BCUT2D eigenvalue weighted by molar-refractivity contribution is 5.85. The molecule has 0 saturated carbocycles. The van der Waals surface area contributed by atoms with Gasteiger partial charge < -0.3 is 11.1 Å². The second-order valence-electron chi connectivity index (χ2n) is 2.95. The maximum atomic E-state index is 5.66. The Kier molecular flexibility index (Phi) is 2.95. The molecular formula is C9H13ClN2. The zero-order valence-electron chi connectivity index (χ0n) is 6.84. The van der Waals surface area contributed by atoms with Gasteiger partial charge in [0.1, 0.15) is 0 Å². The van der Waals surface area contributed by atoms with Crippen LogP contribution in [0.5, 0.6) is 0 Å². The maximum absolute atomic E-state index is 5.66. The van der Waals surface area contributed by atoms with Gasteiger partial charge in [-0.1, -0.05) is 6.07 Å². The van der Waals surface area contributed by atoms with Crippen LogP contribution in [-0.2, 0) is 13.0 Å². The Balaban J connectivity index is 0.000000720. The zero-order chi connectivity index (χ0) is 7.68. The summed E-state index contributed by atoms with van der Waals surface area (Å²) in [7, 11) is 0. The van der Waals surface area contributed by atoms with E-state index in [1.807, 2.05) is 6.07 Å². The third-order valence-electron chi connectivity index (χ3n) is 2.12. The van der Waals surface area contributed by atoms with E-state index in [-0.39, 0.29) is 12.4 Å². The molecule has 1 aromatic carbocycles. The van der Waals surface area contributed by atoms with Gasteiger partial charge in [0.15, 0.2) is 0 Å². The SMILES string of the molecule is Cl.Nc1ccc2c(c1)CCNC2. The molecule has 1 aliphatic rings. The van der Waals surface area contributed by atoms with Crippen LogP contribution in [0.4, 0.5) is 5.69 Å². The van der Waals surface area contributed by atoms with Crippen molar-refractivity contribution in [2.24, 2.45) is 0 Å². The predicted molar refractivity (Wildman–Crippen MR) is 53.5 cm³/mol. The van der Waals surface area contributed by atoms with Crippen LogP contribution in [0.25, 0.3) is 0 Å². The summed E-state index contributed by atoms with van der Waals surface area (Å²) >= 11 is 0. The van der Waals surface area contributed by atoms with Crippen LogP contribution < -0.4 is 11.1 Å². The minimum atomic E-state index is 0. The van der Waals surface area contributed by atoms with E-state index in [0.29, 0.717) is 0 Å². The number of nitrogens with one attached hydrogen (secondary N) is 1. The number of nitrogen functional groups attached to an aromatic ring is 1. The first kappa shape index (κ1) is 9.36. The van der Waals surface area contributed by atoms with Gasteiger partial charge in [-0.25, -0.2) is 0 Å². The molecule has 3 heteroatoms. The quantitative estimate of drug-likeness (QED) is 0.598. The predicted octanol–water partition coefficient (Wildman–Crippen LogP) is 1.34. The number of fused-ring (bicyclic) bond motifs is 1. The molecule has 0 radical (unpaired) electrons. The normalized spacial score (nSPS) is 14.7. The van der Waals surface area contributed by atoms with E-state index in [4.69, 9.17) is 5.73 Å². The lowest BCUT2D eigenvalue weighted by molar-refractivity contribution is 0.644. The van der Waals surface area contributed by atoms with Gasteiger partial charge in [0.05, 0.1) is 0 Å². The lowest BCUT2D eigenvalue weighted by atomic mass is 10.0. The van der Waals surface area contributed by atoms with Gasteiger partial charge in [0, 0.05) is 12.2 Å². The van der Waals surface area contributed by atoms with Crippen LogP contribution in [0, 0.1) is 0 Å². The third-order valence-corrected chi connectivity index (χ3v) is 2.12. The van der Waals surface area contributed by atoms with Crippen molar-refractivity contribution < 1.29 is 0 Å². The van der Waals surface area contributed by atoms with Gasteiger partial charge >= 0.3 is 0 Å². The van der Waals surface area contributed by atoms with E-state index in [0.717, 1.165) is 25.2 Å². The number of rotatable bonds is 0. The van der Waals surface area contributed by atoms with E-state index in [2.05, 4.69) is 17.4 Å². The van der Waals surface area contributed by atoms with E-state index < -0.39 is 0 Å². The van der Waals surface area contributed by atoms with E-state index in [1.165, 1.54) is 11.1 Å². The fourth-order valence-corrected chi connectivity index (χ4v) is 1.50. The summed E-state index contributed by atoms with van der Waals surface area (Å²) in [5, 5.41) is 3.32. The van der Waals surface area contributed by atoms with Crippen molar-refractivity contribution in [3.8, 4) is 0 Å². The van der Waals surface area contributed by atoms with Gasteiger partial charge in [-0.15, -0.1) is 12.4 Å². The molecule has 0 fully saturated rings. The molecule has 3 N–H and O–H groups in total. The Morgan fingerprint density at radius 3 is 2.92 bits per heavy atom. The Hall–Kier alpha value is -0.730. The molecule has 2 nitrogen and oxygen atoms in total. The zero-order valence-corrected chi connectivity index (χ0v) is 7.66. The molecular weight excluding hydrogens is 172 g/mol. The Bertz CT molecular complexity index is 273. The van der Waals surface area contributed by atoms with Gasteiger partial charge in [0.25, 0.3) is 0 Å². The van der Waals surface area contributed by atoms with Crippen LogP contribution >= 0.6 is 12.4 Å². The molecule has 0 saturated heterocycles. The van der Waals surface area contributed by atoms with Crippen LogP contribution in [0.3, 0.4) is 0 Å². The Morgan fingerprint density at radius 1 is 1.25 bits per heavy atom. The highest BCUT2D eigenvalue weighted by Crippen LogP contribution is 2.16. The first-order valence-electron chi connectivity index (χ1n) is 3.94. The van der Waals surface area contributed by atoms with Gasteiger partial charge in [-0.2, -0.15) is 0 Å². The molecule has 1 aliphatic heterocycles. The number of hydrogen-bond acceptors (Lipinski definition) is 2. The van der Waals surface area contributed by atoms with Crippen LogP contribution in [-0.4, -0.2) is 6.54 Å². The van der Waals surface area contributed by atoms with E-state index >= 15 is 0 Å². The maximum Gasteiger partial charge on any atom is 0.0316 e. The van der Waals surface area contributed by atoms with Crippen molar-refractivity contribution in [2.75, 3.05) is 12.3 Å². The van der Waals surface area contributed by atoms with Crippen LogP contribution in [0.15, 0.2) is 18.2 Å². The second-order valence-corrected chi connectivity index (χ2v) is 2.95. The summed E-state index contributed by atoms with van der Waals surface area (Å²) in [4.78, 5) is 0. The lowest BCUT2D eigenvalue weighted by Gasteiger charge is -2.16. The summed E-state index contributed by atoms with van der Waals surface area (Å²) in [5.74, 6) is 0. The molecule has 1 heterocycles. The minimum Gasteiger partial charge on any atom is -0.399 e. The fourth-order valence-electron chi connectivity index (χ4n) is 1.50. The van der Waals surface area contributed by atoms with Gasteiger partial charge in [-0.05, 0) is 36.2 Å². The molecule has 12 heavy (non-hydrogen) atoms. The fraction of sp³-hybridized carbons (Fsp3) is 0.333. The van der Waals surface area contributed by atoms with Crippen molar-refractivity contribution >= 4 is 18.1 Å². The monoisotopic (exact) mass is 184 g/mol. The molecule has 0 amide bonds. The number of halogens is 1. The molecule has 0 bridgehead atoms. The smallest absolute Gasteiger partial charge is 0.0316 e. The molecule has 0 atom stereocenters. The molecule has 2 rings (SSSR count). The highest BCUT2D eigenvalue weighted by atomic mass is 35.5. The topological polar surface area (TPSA) is 38.0 Å². The first-order chi connectivity index (χ1) is 5.36. The average Bonchev–Trinajstić information content (AvgIpc) is 2.04. The minimum absolute atomic E-state index is 0. The van der Waals surface area contributed by atoms with Crippen molar-refractivity contribution in [1.29, 1.82) is 0 Å². The van der Waals surface area contributed by atoms with Crippen molar-refractivity contribution in [1.82, 2.24) is 5.32 Å². The van der Waals surface area contributed by atoms with Gasteiger partial charge in [-0.3, -0.25) is 0 Å². The molecule has 66 valence electrons. The average molecular weight is 185 g/mol. The first-order valence-corrected chi connectivity index (χ1v) is 3.94. The molecule has 0 aliphatic carbocycles. The van der Waals surface area contributed by atoms with Crippen molar-refractivity contribution in [3.63, 3.8) is 0 Å². The number of benzene rings is 1. The Morgan fingerprint density at radius 2 is 2.08 bits per heavy atom. The summed E-state index contributed by atoms with van der Waals surface area (Å²) in [6.07, 6.45) is 1.11. The second kappa shape index (κ2) is 3.78. The van der Waals surface area contributed by atoms with Crippen LogP contribution in [0.2, 0.25) is 0 Å². The lowest BCUT2D eigenvalue weighted by Crippen LogP contribution is -2.23. The molecule has 1 aromatic rings. The molecule has 0 spiro atoms. The third kappa shape index (κ3) is 1.71. The summed E-state index contributed by atoms with van der Waals surface area (Å²) in [6.45, 7) is 2.08. The Labute approximate surface area is 78.6 Å².